The minimum Gasteiger partial charge on any atom is -0.354 e. The van der Waals surface area contributed by atoms with Gasteiger partial charge in [0.2, 0.25) is 0 Å². The van der Waals surface area contributed by atoms with Gasteiger partial charge < -0.3 is 9.09 Å². The summed E-state index contributed by atoms with van der Waals surface area (Å²) in [6, 6.07) is 10.8. The maximum atomic E-state index is 13.4. The van der Waals surface area contributed by atoms with Crippen molar-refractivity contribution < 1.29 is 8.91 Å². The predicted octanol–water partition coefficient (Wildman–Crippen LogP) is 4.77. The molecule has 0 radical (unpaired) electrons. The van der Waals surface area contributed by atoms with Crippen molar-refractivity contribution in [1.82, 2.24) is 19.7 Å². The standard InChI is InChI=1S/C25H23FN6O/c1-17-15-30(16-28-17)23-9-4-18(22-14-29-33-24(22)23)13-19-3-2-11-32-25(19)27-10-12-31(32)21-7-5-20(26)6-8-21/h4-9,13-16H,2-3,10-12H2,1H3. The molecule has 2 aromatic heterocycles. The van der Waals surface area contributed by atoms with Crippen LogP contribution in [-0.4, -0.2) is 45.2 Å². The molecule has 2 aliphatic rings. The van der Waals surface area contributed by atoms with E-state index < -0.39 is 0 Å². The molecule has 0 saturated carbocycles. The smallest absolute Gasteiger partial charge is 0.191 e. The fourth-order valence-electron chi connectivity index (χ4n) is 4.64. The zero-order chi connectivity index (χ0) is 22.4. The van der Waals surface area contributed by atoms with E-state index in [2.05, 4.69) is 32.3 Å². The summed E-state index contributed by atoms with van der Waals surface area (Å²) in [6.45, 7) is 4.32. The van der Waals surface area contributed by atoms with Gasteiger partial charge in [-0.05, 0) is 67.3 Å². The third kappa shape index (κ3) is 3.47. The summed E-state index contributed by atoms with van der Waals surface area (Å²) in [7, 11) is 0. The maximum absolute atomic E-state index is 13.4. The Morgan fingerprint density at radius 2 is 1.94 bits per heavy atom. The van der Waals surface area contributed by atoms with Crippen molar-refractivity contribution in [3.8, 4) is 5.69 Å². The average molecular weight is 442 g/mol. The molecule has 4 aromatic rings. The van der Waals surface area contributed by atoms with Crippen molar-refractivity contribution in [2.45, 2.75) is 19.8 Å². The zero-order valence-corrected chi connectivity index (χ0v) is 18.3. The second kappa shape index (κ2) is 7.88. The van der Waals surface area contributed by atoms with Gasteiger partial charge in [-0.3, -0.25) is 15.0 Å². The molecule has 0 spiro atoms. The number of aryl methyl sites for hydroxylation is 1. The van der Waals surface area contributed by atoms with Crippen LogP contribution in [0.2, 0.25) is 0 Å². The first-order valence-corrected chi connectivity index (χ1v) is 11.1. The third-order valence-corrected chi connectivity index (χ3v) is 6.19. The van der Waals surface area contributed by atoms with Gasteiger partial charge >= 0.3 is 0 Å². The van der Waals surface area contributed by atoms with Crippen LogP contribution in [0, 0.1) is 12.7 Å². The van der Waals surface area contributed by atoms with Crippen molar-refractivity contribution in [2.24, 2.45) is 4.99 Å². The number of hydrogen-bond acceptors (Lipinski definition) is 6. The second-order valence-electron chi connectivity index (χ2n) is 8.37. The van der Waals surface area contributed by atoms with E-state index in [1.807, 2.05) is 35.9 Å². The quantitative estimate of drug-likeness (QED) is 0.457. The number of benzene rings is 2. The number of rotatable bonds is 3. The van der Waals surface area contributed by atoms with E-state index in [-0.39, 0.29) is 5.82 Å². The van der Waals surface area contributed by atoms with Crippen molar-refractivity contribution in [3.05, 3.63) is 77.8 Å². The average Bonchev–Trinajstić information content (AvgIpc) is 3.49. The van der Waals surface area contributed by atoms with Gasteiger partial charge in [0, 0.05) is 12.7 Å². The topological polar surface area (TPSA) is 62.7 Å². The van der Waals surface area contributed by atoms with Gasteiger partial charge in [-0.1, -0.05) is 11.2 Å². The first kappa shape index (κ1) is 19.7. The van der Waals surface area contributed by atoms with Gasteiger partial charge in [0.05, 0.1) is 48.1 Å². The number of hydrazine groups is 1. The molecular weight excluding hydrogens is 419 g/mol. The highest BCUT2D eigenvalue weighted by Crippen LogP contribution is 2.31. The Morgan fingerprint density at radius 3 is 2.76 bits per heavy atom. The second-order valence-corrected chi connectivity index (χ2v) is 8.37. The van der Waals surface area contributed by atoms with E-state index in [0.717, 1.165) is 65.4 Å². The number of piperidine rings is 1. The molecule has 6 rings (SSSR count). The van der Waals surface area contributed by atoms with Gasteiger partial charge in [0.1, 0.15) is 11.7 Å². The third-order valence-electron chi connectivity index (χ3n) is 6.19. The Kier molecular flexibility index (Phi) is 4.71. The molecule has 0 unspecified atom stereocenters. The molecule has 7 nitrogen and oxygen atoms in total. The number of nitrogens with zero attached hydrogens (tertiary/aromatic N) is 6. The molecule has 8 heteroatoms. The highest BCUT2D eigenvalue weighted by atomic mass is 19.1. The predicted molar refractivity (Wildman–Crippen MR) is 126 cm³/mol. The van der Waals surface area contributed by atoms with E-state index >= 15 is 0 Å². The first-order chi connectivity index (χ1) is 16.2. The maximum Gasteiger partial charge on any atom is 0.191 e. The number of aromatic nitrogens is 3. The molecule has 166 valence electrons. The van der Waals surface area contributed by atoms with Crippen LogP contribution in [0.15, 0.2) is 70.2 Å². The molecule has 33 heavy (non-hydrogen) atoms. The molecule has 0 bridgehead atoms. The Labute approximate surface area is 190 Å². The van der Waals surface area contributed by atoms with Crippen molar-refractivity contribution in [2.75, 3.05) is 24.6 Å². The van der Waals surface area contributed by atoms with E-state index in [9.17, 15) is 4.39 Å². The largest absolute Gasteiger partial charge is 0.354 e. The summed E-state index contributed by atoms with van der Waals surface area (Å²) in [4.78, 5) is 9.19. The lowest BCUT2D eigenvalue weighted by Gasteiger charge is -2.44. The molecule has 0 amide bonds. The van der Waals surface area contributed by atoms with E-state index in [4.69, 9.17) is 9.52 Å². The highest BCUT2D eigenvalue weighted by molar-refractivity contribution is 6.05. The van der Waals surface area contributed by atoms with Gasteiger partial charge in [-0.2, -0.15) is 0 Å². The van der Waals surface area contributed by atoms with Gasteiger partial charge in [0.15, 0.2) is 5.58 Å². The number of halogens is 1. The van der Waals surface area contributed by atoms with Crippen LogP contribution in [0.25, 0.3) is 22.7 Å². The molecule has 0 atom stereocenters. The number of aliphatic imine (C=N–C) groups is 1. The summed E-state index contributed by atoms with van der Waals surface area (Å²) in [5, 5.41) is 9.45. The number of fused-ring (bicyclic) bond motifs is 2. The molecular formula is C25H23FN6O. The van der Waals surface area contributed by atoms with Crippen LogP contribution in [0.3, 0.4) is 0 Å². The summed E-state index contributed by atoms with van der Waals surface area (Å²) < 4.78 is 21.0. The van der Waals surface area contributed by atoms with Gasteiger partial charge in [0.25, 0.3) is 0 Å². The van der Waals surface area contributed by atoms with Crippen molar-refractivity contribution in [1.29, 1.82) is 0 Å². The highest BCUT2D eigenvalue weighted by Gasteiger charge is 2.29. The minimum absolute atomic E-state index is 0.226. The van der Waals surface area contributed by atoms with E-state index in [1.165, 1.54) is 17.7 Å². The van der Waals surface area contributed by atoms with Crippen LogP contribution in [0.4, 0.5) is 10.1 Å². The van der Waals surface area contributed by atoms with Crippen LogP contribution in [0.5, 0.6) is 0 Å². The molecule has 0 N–H and O–H groups in total. The van der Waals surface area contributed by atoms with Crippen LogP contribution in [0.1, 0.15) is 24.1 Å². The normalized spacial score (nSPS) is 17.5. The molecule has 1 saturated heterocycles. The zero-order valence-electron chi connectivity index (χ0n) is 18.3. The number of anilines is 1. The fourth-order valence-corrected chi connectivity index (χ4v) is 4.64. The van der Waals surface area contributed by atoms with Crippen LogP contribution >= 0.6 is 0 Å². The lowest BCUT2D eigenvalue weighted by molar-refractivity contribution is 0.348. The fraction of sp³-hybridized carbons (Fsp3) is 0.240. The molecule has 2 aliphatic heterocycles. The summed E-state index contributed by atoms with van der Waals surface area (Å²) >= 11 is 0. The Balaban J connectivity index is 1.37. The van der Waals surface area contributed by atoms with Crippen molar-refractivity contribution in [3.63, 3.8) is 0 Å². The van der Waals surface area contributed by atoms with Gasteiger partial charge in [-0.25, -0.2) is 9.37 Å². The molecule has 1 fully saturated rings. The Morgan fingerprint density at radius 1 is 1.06 bits per heavy atom. The number of imidazole rings is 1. The summed E-state index contributed by atoms with van der Waals surface area (Å²) in [5.41, 5.74) is 5.79. The summed E-state index contributed by atoms with van der Waals surface area (Å²) in [5.74, 6) is 0.756. The van der Waals surface area contributed by atoms with Gasteiger partial charge in [-0.15, -0.1) is 0 Å². The lowest BCUT2D eigenvalue weighted by atomic mass is 9.99. The Bertz CT molecular complexity index is 1380. The lowest BCUT2D eigenvalue weighted by Crippen LogP contribution is -2.53. The van der Waals surface area contributed by atoms with Crippen LogP contribution in [-0.2, 0) is 0 Å². The monoisotopic (exact) mass is 442 g/mol. The van der Waals surface area contributed by atoms with Crippen LogP contribution < -0.4 is 5.01 Å². The van der Waals surface area contributed by atoms with E-state index in [1.54, 1.807) is 12.5 Å². The molecule has 0 aliphatic carbocycles. The minimum atomic E-state index is -0.226. The summed E-state index contributed by atoms with van der Waals surface area (Å²) in [6.07, 6.45) is 9.67. The first-order valence-electron chi connectivity index (χ1n) is 11.1. The molecule has 4 heterocycles. The van der Waals surface area contributed by atoms with Crippen molar-refractivity contribution >= 4 is 28.6 Å². The Hall–Kier alpha value is -3.94. The SMILES string of the molecule is Cc1cn(-c2ccc(C=C3CCCN4C3=NCCN4c3ccc(F)cc3)c3cnoc23)cn1. The number of amidine groups is 1. The van der Waals surface area contributed by atoms with E-state index in [0.29, 0.717) is 6.54 Å². The molecule has 2 aromatic carbocycles. The number of hydrogen-bond donors (Lipinski definition) is 0.